The number of carbonyl (C=O) groups excluding carboxylic acids is 1. The zero-order valence-corrected chi connectivity index (χ0v) is 10.0. The first-order chi connectivity index (χ1) is 6.77. The molecule has 1 aromatic carbocycles. The van der Waals surface area contributed by atoms with Crippen LogP contribution in [0.25, 0.3) is 10.1 Å². The number of thioether (sulfide) groups is 1. The third-order valence-electron chi connectivity index (χ3n) is 2.05. The number of hydrogen-bond donors (Lipinski definition) is 1. The summed E-state index contributed by atoms with van der Waals surface area (Å²) in [5, 5.41) is 3.19. The molecular weight excluding hydrogens is 232 g/mol. The summed E-state index contributed by atoms with van der Waals surface area (Å²) >= 11 is 7.58. The Morgan fingerprint density at radius 1 is 1.57 bits per heavy atom. The summed E-state index contributed by atoms with van der Waals surface area (Å²) in [6, 6.07) is 4.00. The molecule has 2 aromatic rings. The van der Waals surface area contributed by atoms with Crippen molar-refractivity contribution < 1.29 is 4.79 Å². The van der Waals surface area contributed by atoms with Crippen LogP contribution in [0.15, 0.2) is 27.3 Å². The zero-order valence-electron chi connectivity index (χ0n) is 7.48. The van der Waals surface area contributed by atoms with Crippen LogP contribution < -0.4 is 0 Å². The van der Waals surface area contributed by atoms with Crippen molar-refractivity contribution in [2.24, 2.45) is 0 Å². The first kappa shape index (κ1) is 10.1. The lowest BCUT2D eigenvalue weighted by Crippen LogP contribution is -1.87. The molecule has 0 bridgehead atoms. The molecule has 0 aliphatic carbocycles. The predicted octanol–water partition coefficient (Wildman–Crippen LogP) is 3.72. The Morgan fingerprint density at radius 2 is 2.36 bits per heavy atom. The molecule has 0 aliphatic heterocycles. The average Bonchev–Trinajstić information content (AvgIpc) is 2.62. The molecular formula is C10H8OS3. The minimum atomic E-state index is 0.701. The first-order valence-corrected chi connectivity index (χ1v) is 6.55. The Labute approximate surface area is 95.9 Å². The molecule has 4 heteroatoms. The monoisotopic (exact) mass is 240 g/mol. The highest BCUT2D eigenvalue weighted by atomic mass is 32.2. The quantitative estimate of drug-likeness (QED) is 0.489. The second kappa shape index (κ2) is 3.96. The van der Waals surface area contributed by atoms with Gasteiger partial charge in [-0.2, -0.15) is 0 Å². The van der Waals surface area contributed by atoms with E-state index in [2.05, 4.69) is 12.6 Å². The Balaban J connectivity index is 2.88. The average molecular weight is 240 g/mol. The third kappa shape index (κ3) is 1.47. The van der Waals surface area contributed by atoms with Gasteiger partial charge in [-0.1, -0.05) is 0 Å². The molecule has 14 heavy (non-hydrogen) atoms. The van der Waals surface area contributed by atoms with Gasteiger partial charge in [0.15, 0.2) is 6.29 Å². The van der Waals surface area contributed by atoms with Gasteiger partial charge in [0.05, 0.1) is 0 Å². The minimum Gasteiger partial charge on any atom is -0.298 e. The van der Waals surface area contributed by atoms with Gasteiger partial charge in [0.25, 0.3) is 0 Å². The van der Waals surface area contributed by atoms with Gasteiger partial charge in [-0.15, -0.1) is 35.7 Å². The third-order valence-corrected chi connectivity index (χ3v) is 4.13. The molecule has 72 valence electrons. The van der Waals surface area contributed by atoms with Gasteiger partial charge in [-0.05, 0) is 23.8 Å². The van der Waals surface area contributed by atoms with Gasteiger partial charge in [0.2, 0.25) is 0 Å². The van der Waals surface area contributed by atoms with Crippen LogP contribution in [-0.2, 0) is 0 Å². The standard InChI is InChI=1S/C10H8OS3/c1-13-10-6-2-3-14-9(6)4-8(12)7(10)5-11/h2-5,12H,1H3. The fourth-order valence-corrected chi connectivity index (χ4v) is 3.55. The molecule has 2 rings (SSSR count). The Hall–Kier alpha value is -0.450. The Bertz CT molecular complexity index is 487. The SMILES string of the molecule is CSc1c(C=O)c(S)cc2sccc12. The lowest BCUT2D eigenvalue weighted by Gasteiger charge is -2.05. The van der Waals surface area contributed by atoms with Gasteiger partial charge >= 0.3 is 0 Å². The molecule has 1 aromatic heterocycles. The van der Waals surface area contributed by atoms with E-state index in [4.69, 9.17) is 0 Å². The minimum absolute atomic E-state index is 0.701. The highest BCUT2D eigenvalue weighted by Gasteiger charge is 2.10. The summed E-state index contributed by atoms with van der Waals surface area (Å²) in [4.78, 5) is 12.7. The zero-order chi connectivity index (χ0) is 10.1. The topological polar surface area (TPSA) is 17.1 Å². The van der Waals surface area contributed by atoms with Crippen molar-refractivity contribution in [2.45, 2.75) is 9.79 Å². The van der Waals surface area contributed by atoms with Gasteiger partial charge in [0.1, 0.15) is 0 Å². The molecule has 1 nitrogen and oxygen atoms in total. The van der Waals surface area contributed by atoms with E-state index in [0.29, 0.717) is 5.56 Å². The summed E-state index contributed by atoms with van der Waals surface area (Å²) in [7, 11) is 0. The number of benzene rings is 1. The molecule has 0 radical (unpaired) electrons. The maximum atomic E-state index is 10.9. The molecule has 0 unspecified atom stereocenters. The fraction of sp³-hybridized carbons (Fsp3) is 0.100. The van der Waals surface area contributed by atoms with Crippen molar-refractivity contribution in [2.75, 3.05) is 6.26 Å². The predicted molar refractivity (Wildman–Crippen MR) is 66.2 cm³/mol. The van der Waals surface area contributed by atoms with Gasteiger partial charge in [-0.3, -0.25) is 4.79 Å². The highest BCUT2D eigenvalue weighted by molar-refractivity contribution is 7.99. The van der Waals surface area contributed by atoms with Crippen LogP contribution in [0.4, 0.5) is 0 Å². The van der Waals surface area contributed by atoms with Crippen LogP contribution in [-0.4, -0.2) is 12.5 Å². The number of hydrogen-bond acceptors (Lipinski definition) is 4. The molecule has 0 aliphatic rings. The second-order valence-corrected chi connectivity index (χ2v) is 5.04. The smallest absolute Gasteiger partial charge is 0.152 e. The van der Waals surface area contributed by atoms with Gasteiger partial charge in [-0.25, -0.2) is 0 Å². The number of carbonyl (C=O) groups is 1. The number of aldehydes is 1. The van der Waals surface area contributed by atoms with E-state index in [-0.39, 0.29) is 0 Å². The summed E-state index contributed by atoms with van der Waals surface area (Å²) in [6.07, 6.45) is 2.86. The summed E-state index contributed by atoms with van der Waals surface area (Å²) in [5.74, 6) is 0. The van der Waals surface area contributed by atoms with Crippen LogP contribution in [0.1, 0.15) is 10.4 Å². The van der Waals surface area contributed by atoms with Crippen molar-refractivity contribution in [3.63, 3.8) is 0 Å². The highest BCUT2D eigenvalue weighted by Crippen LogP contribution is 2.35. The summed E-state index contributed by atoms with van der Waals surface area (Å²) in [6.45, 7) is 0. The molecule has 1 heterocycles. The first-order valence-electron chi connectivity index (χ1n) is 4.00. The lowest BCUT2D eigenvalue weighted by atomic mass is 10.2. The van der Waals surface area contributed by atoms with Crippen molar-refractivity contribution in [3.8, 4) is 0 Å². The fourth-order valence-electron chi connectivity index (χ4n) is 1.42. The maximum Gasteiger partial charge on any atom is 0.152 e. The molecule has 0 saturated heterocycles. The van der Waals surface area contributed by atoms with E-state index in [1.807, 2.05) is 23.8 Å². The molecule has 0 N–H and O–H groups in total. The van der Waals surface area contributed by atoms with E-state index >= 15 is 0 Å². The number of thiophene rings is 1. The Morgan fingerprint density at radius 3 is 3.00 bits per heavy atom. The Kier molecular flexibility index (Phi) is 2.85. The molecule has 0 amide bonds. The molecule has 0 spiro atoms. The van der Waals surface area contributed by atoms with Gasteiger partial charge in [0, 0.05) is 25.4 Å². The van der Waals surface area contributed by atoms with Crippen molar-refractivity contribution in [1.29, 1.82) is 0 Å². The van der Waals surface area contributed by atoms with Crippen LogP contribution in [0.2, 0.25) is 0 Å². The molecule has 0 fully saturated rings. The maximum absolute atomic E-state index is 10.9. The van der Waals surface area contributed by atoms with Crippen LogP contribution in [0, 0.1) is 0 Å². The molecule has 0 atom stereocenters. The number of fused-ring (bicyclic) bond motifs is 1. The number of thiol groups is 1. The van der Waals surface area contributed by atoms with Crippen LogP contribution in [0.3, 0.4) is 0 Å². The van der Waals surface area contributed by atoms with E-state index in [1.165, 1.54) is 4.70 Å². The second-order valence-electron chi connectivity index (χ2n) is 2.79. The number of rotatable bonds is 2. The van der Waals surface area contributed by atoms with Crippen LogP contribution in [0.5, 0.6) is 0 Å². The van der Waals surface area contributed by atoms with Crippen molar-refractivity contribution in [3.05, 3.63) is 23.1 Å². The van der Waals surface area contributed by atoms with Crippen LogP contribution >= 0.6 is 35.7 Å². The van der Waals surface area contributed by atoms with E-state index in [1.54, 1.807) is 23.1 Å². The normalized spacial score (nSPS) is 10.7. The lowest BCUT2D eigenvalue weighted by molar-refractivity contribution is 0.111. The van der Waals surface area contributed by atoms with E-state index < -0.39 is 0 Å². The van der Waals surface area contributed by atoms with Gasteiger partial charge < -0.3 is 0 Å². The largest absolute Gasteiger partial charge is 0.298 e. The van der Waals surface area contributed by atoms with Crippen molar-refractivity contribution >= 4 is 52.1 Å². The van der Waals surface area contributed by atoms with E-state index in [0.717, 1.165) is 21.5 Å². The summed E-state index contributed by atoms with van der Waals surface area (Å²) < 4.78 is 1.19. The van der Waals surface area contributed by atoms with Crippen molar-refractivity contribution in [1.82, 2.24) is 0 Å². The molecule has 0 saturated carbocycles. The summed E-state index contributed by atoms with van der Waals surface area (Å²) in [5.41, 5.74) is 0.701. The van der Waals surface area contributed by atoms with E-state index in [9.17, 15) is 4.79 Å².